The van der Waals surface area contributed by atoms with Crippen molar-refractivity contribution in [1.29, 1.82) is 0 Å². The average Bonchev–Trinajstić information content (AvgIpc) is 2.68. The molecule has 0 saturated carbocycles. The summed E-state index contributed by atoms with van der Waals surface area (Å²) in [6, 6.07) is 0. The Kier molecular flexibility index (Phi) is 3.31. The van der Waals surface area contributed by atoms with Gasteiger partial charge in [-0.2, -0.15) is 5.10 Å². The van der Waals surface area contributed by atoms with E-state index in [-0.39, 0.29) is 5.56 Å². The zero-order chi connectivity index (χ0) is 14.3. The summed E-state index contributed by atoms with van der Waals surface area (Å²) >= 11 is 5.00. The number of aromatic amines is 2. The molecule has 3 rings (SSSR count). The standard InChI is InChI=1S/C13H17N5OS/c1-8-9(5-17(2)16-8)6-18-4-3-11-10(7-18)12(19)15-13(20)14-11/h5H,3-4,6-7H2,1-2H3,(H2,14,15,19,20). The maximum absolute atomic E-state index is 12.0. The molecule has 2 aromatic rings. The van der Waals surface area contributed by atoms with Gasteiger partial charge in [-0.15, -0.1) is 0 Å². The van der Waals surface area contributed by atoms with Gasteiger partial charge in [0.15, 0.2) is 4.77 Å². The molecule has 0 bridgehead atoms. The highest BCUT2D eigenvalue weighted by Gasteiger charge is 2.20. The summed E-state index contributed by atoms with van der Waals surface area (Å²) in [7, 11) is 1.92. The van der Waals surface area contributed by atoms with E-state index in [9.17, 15) is 4.79 Å². The normalized spacial score (nSPS) is 15.3. The van der Waals surface area contributed by atoms with E-state index in [0.29, 0.717) is 11.3 Å². The fourth-order valence-electron chi connectivity index (χ4n) is 2.69. The van der Waals surface area contributed by atoms with Gasteiger partial charge in [-0.1, -0.05) is 0 Å². The van der Waals surface area contributed by atoms with E-state index < -0.39 is 0 Å². The zero-order valence-corrected chi connectivity index (χ0v) is 12.4. The molecule has 0 fully saturated rings. The van der Waals surface area contributed by atoms with Gasteiger partial charge in [0.1, 0.15) is 0 Å². The van der Waals surface area contributed by atoms with Crippen molar-refractivity contribution in [1.82, 2.24) is 24.6 Å². The first-order chi connectivity index (χ1) is 9.52. The van der Waals surface area contributed by atoms with Gasteiger partial charge in [0.2, 0.25) is 0 Å². The summed E-state index contributed by atoms with van der Waals surface area (Å²) in [5, 5.41) is 4.35. The Bertz CT molecular complexity index is 757. The SMILES string of the molecule is Cc1nn(C)cc1CN1CCc2[nH]c(=S)[nH]c(=O)c2C1. The monoisotopic (exact) mass is 291 g/mol. The van der Waals surface area contributed by atoms with E-state index in [1.54, 1.807) is 0 Å². The third-order valence-electron chi connectivity index (χ3n) is 3.70. The topological polar surface area (TPSA) is 69.7 Å². The van der Waals surface area contributed by atoms with Crippen molar-refractivity contribution in [2.24, 2.45) is 7.05 Å². The molecular formula is C13H17N5OS. The number of fused-ring (bicyclic) bond motifs is 1. The number of aryl methyl sites for hydroxylation is 2. The Morgan fingerprint density at radius 1 is 1.45 bits per heavy atom. The second-order valence-electron chi connectivity index (χ2n) is 5.24. The summed E-state index contributed by atoms with van der Waals surface area (Å²) in [6.07, 6.45) is 2.86. The number of rotatable bonds is 2. The van der Waals surface area contributed by atoms with E-state index in [4.69, 9.17) is 12.2 Å². The number of hydrogen-bond donors (Lipinski definition) is 2. The van der Waals surface area contributed by atoms with E-state index in [2.05, 4.69) is 20.0 Å². The van der Waals surface area contributed by atoms with Gasteiger partial charge in [-0.3, -0.25) is 19.4 Å². The minimum absolute atomic E-state index is 0.0728. The molecule has 0 aromatic carbocycles. The highest BCUT2D eigenvalue weighted by atomic mass is 32.1. The predicted molar refractivity (Wildman–Crippen MR) is 78.0 cm³/mol. The number of nitrogens with one attached hydrogen (secondary N) is 2. The van der Waals surface area contributed by atoms with E-state index in [1.807, 2.05) is 24.9 Å². The summed E-state index contributed by atoms with van der Waals surface area (Å²) in [5.74, 6) is 0. The largest absolute Gasteiger partial charge is 0.335 e. The maximum atomic E-state index is 12.0. The van der Waals surface area contributed by atoms with Crippen molar-refractivity contribution in [2.45, 2.75) is 26.4 Å². The van der Waals surface area contributed by atoms with Crippen LogP contribution in [0.25, 0.3) is 0 Å². The fourth-order valence-corrected chi connectivity index (χ4v) is 2.91. The van der Waals surface area contributed by atoms with Crippen LogP contribution in [0, 0.1) is 11.7 Å². The van der Waals surface area contributed by atoms with Crippen molar-refractivity contribution in [3.8, 4) is 0 Å². The van der Waals surface area contributed by atoms with Gasteiger partial charge < -0.3 is 4.98 Å². The van der Waals surface area contributed by atoms with Crippen molar-refractivity contribution in [3.63, 3.8) is 0 Å². The minimum Gasteiger partial charge on any atom is -0.335 e. The molecule has 6 nitrogen and oxygen atoms in total. The lowest BCUT2D eigenvalue weighted by atomic mass is 10.1. The third-order valence-corrected chi connectivity index (χ3v) is 3.90. The van der Waals surface area contributed by atoms with Crippen LogP contribution in [0.5, 0.6) is 0 Å². The van der Waals surface area contributed by atoms with Crippen LogP contribution < -0.4 is 5.56 Å². The Balaban J connectivity index is 1.84. The Hall–Kier alpha value is -1.73. The van der Waals surface area contributed by atoms with Crippen LogP contribution in [0.1, 0.15) is 22.5 Å². The molecule has 7 heteroatoms. The van der Waals surface area contributed by atoms with E-state index in [0.717, 1.165) is 36.5 Å². The second kappa shape index (κ2) is 4.99. The van der Waals surface area contributed by atoms with Gasteiger partial charge in [0.25, 0.3) is 5.56 Å². The molecule has 2 N–H and O–H groups in total. The van der Waals surface area contributed by atoms with Crippen LogP contribution in [0.15, 0.2) is 11.0 Å². The molecule has 2 aromatic heterocycles. The molecule has 1 aliphatic rings. The van der Waals surface area contributed by atoms with E-state index >= 15 is 0 Å². The first-order valence-electron chi connectivity index (χ1n) is 6.59. The quantitative estimate of drug-likeness (QED) is 0.811. The molecule has 3 heterocycles. The van der Waals surface area contributed by atoms with Gasteiger partial charge in [-0.05, 0) is 19.1 Å². The van der Waals surface area contributed by atoms with E-state index in [1.165, 1.54) is 5.56 Å². The smallest absolute Gasteiger partial charge is 0.256 e. The lowest BCUT2D eigenvalue weighted by molar-refractivity contribution is 0.241. The van der Waals surface area contributed by atoms with Gasteiger partial charge in [0, 0.05) is 50.6 Å². The highest BCUT2D eigenvalue weighted by Crippen LogP contribution is 2.17. The summed E-state index contributed by atoms with van der Waals surface area (Å²) in [5.41, 5.74) is 3.94. The summed E-state index contributed by atoms with van der Waals surface area (Å²) in [6.45, 7) is 4.38. The molecule has 0 aliphatic carbocycles. The molecule has 0 spiro atoms. The lowest BCUT2D eigenvalue weighted by Gasteiger charge is -2.27. The molecule has 0 atom stereocenters. The Morgan fingerprint density at radius 3 is 2.95 bits per heavy atom. The maximum Gasteiger partial charge on any atom is 0.256 e. The number of hydrogen-bond acceptors (Lipinski definition) is 4. The molecule has 0 unspecified atom stereocenters. The van der Waals surface area contributed by atoms with Crippen LogP contribution in [0.3, 0.4) is 0 Å². The average molecular weight is 291 g/mol. The molecule has 1 aliphatic heterocycles. The van der Waals surface area contributed by atoms with Crippen LogP contribution in [-0.2, 0) is 26.6 Å². The van der Waals surface area contributed by atoms with Gasteiger partial charge >= 0.3 is 0 Å². The van der Waals surface area contributed by atoms with Gasteiger partial charge in [-0.25, -0.2) is 0 Å². The highest BCUT2D eigenvalue weighted by molar-refractivity contribution is 7.71. The zero-order valence-electron chi connectivity index (χ0n) is 11.6. The van der Waals surface area contributed by atoms with Crippen molar-refractivity contribution in [2.75, 3.05) is 6.54 Å². The van der Waals surface area contributed by atoms with Crippen LogP contribution in [0.2, 0.25) is 0 Å². The van der Waals surface area contributed by atoms with Gasteiger partial charge in [0.05, 0.1) is 11.3 Å². The summed E-state index contributed by atoms with van der Waals surface area (Å²) in [4.78, 5) is 20.0. The molecule has 20 heavy (non-hydrogen) atoms. The lowest BCUT2D eigenvalue weighted by Crippen LogP contribution is -2.35. The predicted octanol–water partition coefficient (Wildman–Crippen LogP) is 1.03. The number of H-pyrrole nitrogens is 2. The number of aromatic nitrogens is 4. The molecule has 0 amide bonds. The molecule has 0 radical (unpaired) electrons. The number of nitrogens with zero attached hydrogens (tertiary/aromatic N) is 3. The second-order valence-corrected chi connectivity index (χ2v) is 5.65. The minimum atomic E-state index is -0.0728. The fraction of sp³-hybridized carbons (Fsp3) is 0.462. The Morgan fingerprint density at radius 2 is 2.25 bits per heavy atom. The third kappa shape index (κ3) is 2.46. The molecular weight excluding hydrogens is 274 g/mol. The van der Waals surface area contributed by atoms with Crippen molar-refractivity contribution < 1.29 is 0 Å². The van der Waals surface area contributed by atoms with Crippen LogP contribution in [0.4, 0.5) is 0 Å². The van der Waals surface area contributed by atoms with Crippen LogP contribution >= 0.6 is 12.2 Å². The molecule has 106 valence electrons. The van der Waals surface area contributed by atoms with Crippen LogP contribution in [-0.4, -0.2) is 31.2 Å². The Labute approximate surface area is 121 Å². The summed E-state index contributed by atoms with van der Waals surface area (Å²) < 4.78 is 2.23. The van der Waals surface area contributed by atoms with Crippen molar-refractivity contribution >= 4 is 12.2 Å². The first kappa shape index (κ1) is 13.3. The molecule has 0 saturated heterocycles. The van der Waals surface area contributed by atoms with Crippen molar-refractivity contribution in [3.05, 3.63) is 43.8 Å². The first-order valence-corrected chi connectivity index (χ1v) is 6.99.